The monoisotopic (exact) mass is 248 g/mol. The van der Waals surface area contributed by atoms with Crippen molar-refractivity contribution in [1.82, 2.24) is 10.2 Å². The van der Waals surface area contributed by atoms with Crippen molar-refractivity contribution in [3.8, 4) is 11.5 Å². The molecule has 0 aliphatic carbocycles. The average molecular weight is 248 g/mol. The van der Waals surface area contributed by atoms with E-state index in [1.165, 1.54) is 0 Å². The number of hydrogen-bond donors (Lipinski definition) is 1. The van der Waals surface area contributed by atoms with Crippen LogP contribution in [0, 0.1) is 0 Å². The first-order valence-corrected chi connectivity index (χ1v) is 5.20. The molecule has 2 heterocycles. The Hall–Kier alpha value is -2.57. The minimum absolute atomic E-state index is 0.0209. The van der Waals surface area contributed by atoms with Crippen molar-refractivity contribution in [3.63, 3.8) is 0 Å². The van der Waals surface area contributed by atoms with Gasteiger partial charge in [-0.25, -0.2) is 4.79 Å². The van der Waals surface area contributed by atoms with Crippen LogP contribution in [-0.2, 0) is 16.1 Å². The molecule has 7 nitrogen and oxygen atoms in total. The molecule has 2 aliphatic rings. The van der Waals surface area contributed by atoms with E-state index in [9.17, 15) is 14.4 Å². The van der Waals surface area contributed by atoms with Crippen molar-refractivity contribution >= 4 is 17.8 Å². The molecule has 1 aromatic rings. The molecule has 18 heavy (non-hydrogen) atoms. The van der Waals surface area contributed by atoms with E-state index in [4.69, 9.17) is 9.47 Å². The fraction of sp³-hybridized carbons (Fsp3) is 0.182. The summed E-state index contributed by atoms with van der Waals surface area (Å²) in [4.78, 5) is 34.6. The van der Waals surface area contributed by atoms with Crippen molar-refractivity contribution in [2.45, 2.75) is 6.54 Å². The summed E-state index contributed by atoms with van der Waals surface area (Å²) < 4.78 is 10.3. The standard InChI is InChI=1S/C11H8N2O5/c14-9-10(15)13(11(16)12-9)4-6-1-2-7-8(3-6)18-5-17-7/h1-3H,4-5H2,(H,12,14,16). The van der Waals surface area contributed by atoms with Gasteiger partial charge in [0.15, 0.2) is 11.5 Å². The molecule has 4 amide bonds. The SMILES string of the molecule is O=C1NC(=O)N(Cc2ccc3c(c2)OCO3)C1=O. The van der Waals surface area contributed by atoms with E-state index in [-0.39, 0.29) is 13.3 Å². The second kappa shape index (κ2) is 3.73. The molecular formula is C11H8N2O5. The molecular weight excluding hydrogens is 240 g/mol. The number of ether oxygens (including phenoxy) is 2. The number of nitrogens with one attached hydrogen (secondary N) is 1. The quantitative estimate of drug-likeness (QED) is 0.588. The van der Waals surface area contributed by atoms with E-state index in [1.54, 1.807) is 18.2 Å². The Morgan fingerprint density at radius 1 is 1.17 bits per heavy atom. The normalized spacial score (nSPS) is 17.3. The van der Waals surface area contributed by atoms with Crippen LogP contribution in [0.3, 0.4) is 0 Å². The number of urea groups is 1. The van der Waals surface area contributed by atoms with E-state index in [2.05, 4.69) is 0 Å². The molecule has 2 aliphatic heterocycles. The van der Waals surface area contributed by atoms with Crippen molar-refractivity contribution in [1.29, 1.82) is 0 Å². The van der Waals surface area contributed by atoms with Gasteiger partial charge in [0.25, 0.3) is 0 Å². The second-order valence-electron chi connectivity index (χ2n) is 3.84. The van der Waals surface area contributed by atoms with Gasteiger partial charge in [-0.05, 0) is 17.7 Å². The van der Waals surface area contributed by atoms with E-state index in [1.807, 2.05) is 5.32 Å². The summed E-state index contributed by atoms with van der Waals surface area (Å²) in [6.07, 6.45) is 0. The zero-order valence-electron chi connectivity index (χ0n) is 9.13. The maximum atomic E-state index is 11.4. The van der Waals surface area contributed by atoms with Crippen LogP contribution in [0.4, 0.5) is 4.79 Å². The predicted octanol–water partition coefficient (Wildman–Crippen LogP) is -0.00630. The van der Waals surface area contributed by atoms with Gasteiger partial charge < -0.3 is 9.47 Å². The van der Waals surface area contributed by atoms with Crippen LogP contribution in [0.2, 0.25) is 0 Å². The minimum Gasteiger partial charge on any atom is -0.454 e. The Labute approximate surface area is 101 Å². The Bertz CT molecular complexity index is 569. The molecule has 0 aromatic heterocycles. The summed E-state index contributed by atoms with van der Waals surface area (Å²) in [6.45, 7) is 0.174. The third kappa shape index (κ3) is 1.56. The maximum absolute atomic E-state index is 11.4. The highest BCUT2D eigenvalue weighted by molar-refractivity contribution is 6.44. The number of amides is 4. The van der Waals surface area contributed by atoms with Gasteiger partial charge in [0.05, 0.1) is 6.54 Å². The topological polar surface area (TPSA) is 84.9 Å². The lowest BCUT2D eigenvalue weighted by atomic mass is 10.2. The highest BCUT2D eigenvalue weighted by Gasteiger charge is 2.36. The minimum atomic E-state index is -0.902. The van der Waals surface area contributed by atoms with Crippen molar-refractivity contribution in [3.05, 3.63) is 23.8 Å². The summed E-state index contributed by atoms with van der Waals surface area (Å²) in [5.74, 6) is -0.573. The van der Waals surface area contributed by atoms with Gasteiger partial charge in [-0.3, -0.25) is 19.8 Å². The molecule has 3 rings (SSSR count). The van der Waals surface area contributed by atoms with Crippen molar-refractivity contribution < 1.29 is 23.9 Å². The Morgan fingerprint density at radius 2 is 1.94 bits per heavy atom. The average Bonchev–Trinajstić information content (AvgIpc) is 2.89. The van der Waals surface area contributed by atoms with Gasteiger partial charge >= 0.3 is 17.8 Å². The van der Waals surface area contributed by atoms with Gasteiger partial charge in [0, 0.05) is 0 Å². The second-order valence-corrected chi connectivity index (χ2v) is 3.84. The van der Waals surface area contributed by atoms with E-state index in [0.29, 0.717) is 17.1 Å². The number of nitrogens with zero attached hydrogens (tertiary/aromatic N) is 1. The molecule has 0 radical (unpaired) electrons. The molecule has 1 N–H and O–H groups in total. The van der Waals surface area contributed by atoms with E-state index >= 15 is 0 Å². The van der Waals surface area contributed by atoms with Crippen LogP contribution in [0.25, 0.3) is 0 Å². The molecule has 1 saturated heterocycles. The number of carbonyl (C=O) groups excluding carboxylic acids is 3. The summed E-state index contributed by atoms with van der Waals surface area (Å²) in [6, 6.07) is 4.36. The van der Waals surface area contributed by atoms with Crippen molar-refractivity contribution in [2.24, 2.45) is 0 Å². The van der Waals surface area contributed by atoms with Gasteiger partial charge in [-0.15, -0.1) is 0 Å². The largest absolute Gasteiger partial charge is 0.454 e. The molecule has 1 fully saturated rings. The molecule has 0 atom stereocenters. The van der Waals surface area contributed by atoms with E-state index in [0.717, 1.165) is 4.90 Å². The molecule has 0 saturated carbocycles. The van der Waals surface area contributed by atoms with Crippen LogP contribution in [-0.4, -0.2) is 29.5 Å². The summed E-state index contributed by atoms with van der Waals surface area (Å²) in [7, 11) is 0. The fourth-order valence-electron chi connectivity index (χ4n) is 1.80. The number of fused-ring (bicyclic) bond motifs is 1. The number of imide groups is 2. The highest BCUT2D eigenvalue weighted by Crippen LogP contribution is 2.32. The smallest absolute Gasteiger partial charge is 0.331 e. The molecule has 0 spiro atoms. The number of hydrogen-bond acceptors (Lipinski definition) is 5. The molecule has 0 bridgehead atoms. The first-order valence-electron chi connectivity index (χ1n) is 5.20. The highest BCUT2D eigenvalue weighted by atomic mass is 16.7. The van der Waals surface area contributed by atoms with Crippen LogP contribution >= 0.6 is 0 Å². The third-order valence-electron chi connectivity index (χ3n) is 2.68. The lowest BCUT2D eigenvalue weighted by molar-refractivity contribution is -0.140. The number of carbonyl (C=O) groups is 3. The van der Waals surface area contributed by atoms with Gasteiger partial charge in [-0.1, -0.05) is 6.07 Å². The Balaban J connectivity index is 1.83. The molecule has 1 aromatic carbocycles. The molecule has 7 heteroatoms. The number of rotatable bonds is 2. The van der Waals surface area contributed by atoms with Gasteiger partial charge in [0.1, 0.15) is 0 Å². The van der Waals surface area contributed by atoms with Gasteiger partial charge in [-0.2, -0.15) is 0 Å². The first-order chi connectivity index (χ1) is 8.65. The lowest BCUT2D eigenvalue weighted by Crippen LogP contribution is -2.30. The summed E-state index contributed by atoms with van der Waals surface area (Å²) in [5.41, 5.74) is 0.678. The predicted molar refractivity (Wildman–Crippen MR) is 56.7 cm³/mol. The fourth-order valence-corrected chi connectivity index (χ4v) is 1.80. The van der Waals surface area contributed by atoms with Crippen LogP contribution in [0.5, 0.6) is 11.5 Å². The maximum Gasteiger partial charge on any atom is 0.331 e. The number of benzene rings is 1. The Morgan fingerprint density at radius 3 is 2.67 bits per heavy atom. The zero-order valence-corrected chi connectivity index (χ0v) is 9.13. The summed E-state index contributed by atoms with van der Waals surface area (Å²) >= 11 is 0. The summed E-state index contributed by atoms with van der Waals surface area (Å²) in [5, 5.41) is 1.93. The van der Waals surface area contributed by atoms with Crippen LogP contribution in [0.1, 0.15) is 5.56 Å². The van der Waals surface area contributed by atoms with Crippen LogP contribution in [0.15, 0.2) is 18.2 Å². The van der Waals surface area contributed by atoms with Gasteiger partial charge in [0.2, 0.25) is 6.79 Å². The lowest BCUT2D eigenvalue weighted by Gasteiger charge is -2.11. The van der Waals surface area contributed by atoms with E-state index < -0.39 is 17.8 Å². The van der Waals surface area contributed by atoms with Crippen molar-refractivity contribution in [2.75, 3.05) is 6.79 Å². The molecule has 0 unspecified atom stereocenters. The molecule has 92 valence electrons. The van der Waals surface area contributed by atoms with Crippen LogP contribution < -0.4 is 14.8 Å². The Kier molecular flexibility index (Phi) is 2.19. The third-order valence-corrected chi connectivity index (χ3v) is 2.68. The first kappa shape index (κ1) is 10.6. The zero-order chi connectivity index (χ0) is 12.7.